The van der Waals surface area contributed by atoms with Gasteiger partial charge in [-0.1, -0.05) is 0 Å². The molecular weight excluding hydrogens is 342 g/mol. The van der Waals surface area contributed by atoms with Gasteiger partial charge < -0.3 is 31.3 Å². The summed E-state index contributed by atoms with van der Waals surface area (Å²) in [5.74, 6) is -2.05. The van der Waals surface area contributed by atoms with Gasteiger partial charge in [0.2, 0.25) is 11.8 Å². The van der Waals surface area contributed by atoms with Crippen LogP contribution in [0.1, 0.15) is 19.3 Å². The number of ether oxygens (including phenoxy) is 1. The Hall–Kier alpha value is -2.46. The van der Waals surface area contributed by atoms with E-state index in [1.165, 1.54) is 17.1 Å². The van der Waals surface area contributed by atoms with Crippen molar-refractivity contribution in [3.05, 3.63) is 12.2 Å². The Kier molecular flexibility index (Phi) is 5.52. The van der Waals surface area contributed by atoms with Gasteiger partial charge in [-0.2, -0.15) is 0 Å². The second kappa shape index (κ2) is 7.83. The molecule has 5 N–H and O–H groups in total. The van der Waals surface area contributed by atoms with Crippen molar-refractivity contribution >= 4 is 23.7 Å². The first-order valence-electron chi connectivity index (χ1n) is 8.69. The van der Waals surface area contributed by atoms with Gasteiger partial charge in [-0.05, 0) is 25.3 Å². The fraction of sp³-hybridized carbons (Fsp3) is 0.625. The third kappa shape index (κ3) is 4.02. The van der Waals surface area contributed by atoms with Crippen molar-refractivity contribution in [1.29, 1.82) is 0 Å². The van der Waals surface area contributed by atoms with Crippen LogP contribution < -0.4 is 21.7 Å². The number of esters is 1. The van der Waals surface area contributed by atoms with Gasteiger partial charge in [0.15, 0.2) is 6.10 Å². The average Bonchev–Trinajstić information content (AvgIpc) is 3.34. The lowest BCUT2D eigenvalue weighted by atomic mass is 10.0. The van der Waals surface area contributed by atoms with E-state index < -0.39 is 36.0 Å². The third-order valence-corrected chi connectivity index (χ3v) is 4.81. The molecule has 0 saturated carbocycles. The summed E-state index contributed by atoms with van der Waals surface area (Å²) in [6.07, 6.45) is 3.03. The van der Waals surface area contributed by atoms with Gasteiger partial charge in [0.25, 0.3) is 5.91 Å². The number of amides is 3. The van der Waals surface area contributed by atoms with Crippen molar-refractivity contribution in [2.24, 2.45) is 5.73 Å². The second-order valence-electron chi connectivity index (χ2n) is 6.64. The lowest BCUT2D eigenvalue weighted by Gasteiger charge is -2.29. The minimum absolute atomic E-state index is 0.000511. The van der Waals surface area contributed by atoms with Gasteiger partial charge in [0.05, 0.1) is 0 Å². The summed E-state index contributed by atoms with van der Waals surface area (Å²) < 4.78 is 4.87. The predicted molar refractivity (Wildman–Crippen MR) is 89.3 cm³/mol. The van der Waals surface area contributed by atoms with Crippen LogP contribution in [0, 0.1) is 0 Å². The number of cyclic esters (lactones) is 1. The molecule has 3 aliphatic heterocycles. The standard InChI is InChI=1S/C16H23N5O5/c17-14(23)11-2-1-5-21(11)16(25)10(6-9-7-18-8-19-9)20-15(24)12-3-4-13(22)26-12/h3-4,9-12,18-19H,1-2,5-8H2,(H2,17,23)(H,20,24)/t9?,10-,11-,12?/m0/s1. The number of nitrogens with two attached hydrogens (primary N) is 1. The molecule has 10 heteroatoms. The molecule has 142 valence electrons. The fourth-order valence-corrected chi connectivity index (χ4v) is 3.50. The number of nitrogens with zero attached hydrogens (tertiary/aromatic N) is 1. The van der Waals surface area contributed by atoms with Gasteiger partial charge in [0, 0.05) is 31.9 Å². The highest BCUT2D eigenvalue weighted by molar-refractivity contribution is 5.96. The Balaban J connectivity index is 1.70. The molecule has 0 spiro atoms. The highest BCUT2D eigenvalue weighted by Gasteiger charge is 2.38. The molecule has 3 aliphatic rings. The van der Waals surface area contributed by atoms with E-state index in [1.807, 2.05) is 0 Å². The maximum atomic E-state index is 13.0. The molecule has 3 amide bonds. The quantitative estimate of drug-likeness (QED) is 0.376. The molecule has 2 fully saturated rings. The normalized spacial score (nSPS) is 28.8. The van der Waals surface area contributed by atoms with E-state index in [0.717, 1.165) is 0 Å². The van der Waals surface area contributed by atoms with Crippen LogP contribution in [-0.4, -0.2) is 72.6 Å². The maximum absolute atomic E-state index is 13.0. The van der Waals surface area contributed by atoms with Crippen LogP contribution in [0.2, 0.25) is 0 Å². The lowest BCUT2D eigenvalue weighted by Crippen LogP contribution is -2.55. The number of hydrogen-bond donors (Lipinski definition) is 4. The van der Waals surface area contributed by atoms with E-state index in [4.69, 9.17) is 10.5 Å². The number of likely N-dealkylation sites (tertiary alicyclic amines) is 1. The van der Waals surface area contributed by atoms with E-state index in [0.29, 0.717) is 39.0 Å². The van der Waals surface area contributed by atoms with Crippen molar-refractivity contribution in [3.8, 4) is 0 Å². The van der Waals surface area contributed by atoms with E-state index in [2.05, 4.69) is 16.0 Å². The largest absolute Gasteiger partial charge is 0.445 e. The zero-order chi connectivity index (χ0) is 18.7. The zero-order valence-electron chi connectivity index (χ0n) is 14.3. The van der Waals surface area contributed by atoms with E-state index in [-0.39, 0.29) is 11.9 Å². The first-order chi connectivity index (χ1) is 12.5. The van der Waals surface area contributed by atoms with Crippen LogP contribution in [0.25, 0.3) is 0 Å². The molecule has 0 radical (unpaired) electrons. The lowest BCUT2D eigenvalue weighted by molar-refractivity contribution is -0.148. The van der Waals surface area contributed by atoms with Gasteiger partial charge in [-0.25, -0.2) is 4.79 Å². The number of rotatable bonds is 6. The van der Waals surface area contributed by atoms with Crippen molar-refractivity contribution in [3.63, 3.8) is 0 Å². The molecule has 3 rings (SSSR count). The van der Waals surface area contributed by atoms with E-state index in [1.54, 1.807) is 0 Å². The molecule has 2 unspecified atom stereocenters. The predicted octanol–water partition coefficient (Wildman–Crippen LogP) is -2.66. The Labute approximate surface area is 150 Å². The number of hydrogen-bond acceptors (Lipinski definition) is 7. The Morgan fingerprint density at radius 3 is 2.85 bits per heavy atom. The van der Waals surface area contributed by atoms with Crippen molar-refractivity contribution in [2.75, 3.05) is 19.8 Å². The maximum Gasteiger partial charge on any atom is 0.331 e. The summed E-state index contributed by atoms with van der Waals surface area (Å²) in [7, 11) is 0. The van der Waals surface area contributed by atoms with Crippen LogP contribution in [0.4, 0.5) is 0 Å². The summed E-state index contributed by atoms with van der Waals surface area (Å²) in [4.78, 5) is 49.6. The minimum Gasteiger partial charge on any atom is -0.445 e. The summed E-state index contributed by atoms with van der Waals surface area (Å²) in [6.45, 7) is 1.71. The smallest absolute Gasteiger partial charge is 0.331 e. The van der Waals surface area contributed by atoms with Crippen LogP contribution in [0.5, 0.6) is 0 Å². The van der Waals surface area contributed by atoms with Crippen molar-refractivity contribution in [2.45, 2.75) is 43.5 Å². The van der Waals surface area contributed by atoms with E-state index >= 15 is 0 Å². The molecule has 10 nitrogen and oxygen atoms in total. The van der Waals surface area contributed by atoms with Gasteiger partial charge in [-0.3, -0.25) is 14.4 Å². The molecule has 0 aliphatic carbocycles. The molecule has 26 heavy (non-hydrogen) atoms. The molecule has 0 bridgehead atoms. The Morgan fingerprint density at radius 2 is 2.23 bits per heavy atom. The van der Waals surface area contributed by atoms with Gasteiger partial charge in [0.1, 0.15) is 12.1 Å². The van der Waals surface area contributed by atoms with Crippen molar-refractivity contribution < 1.29 is 23.9 Å². The number of nitrogens with one attached hydrogen (secondary N) is 3. The summed E-state index contributed by atoms with van der Waals surface area (Å²) in [6, 6.07) is -1.49. The SMILES string of the molecule is NC(=O)[C@@H]1CCCN1C(=O)[C@H](CC1CNCN1)NC(=O)C1C=CC(=O)O1. The molecule has 0 aromatic heterocycles. The van der Waals surface area contributed by atoms with Gasteiger partial charge >= 0.3 is 5.97 Å². The topological polar surface area (TPSA) is 143 Å². The number of primary amides is 1. The minimum atomic E-state index is -1.04. The highest BCUT2D eigenvalue weighted by atomic mass is 16.6. The molecule has 3 heterocycles. The van der Waals surface area contributed by atoms with Gasteiger partial charge in [-0.15, -0.1) is 0 Å². The first kappa shape index (κ1) is 18.3. The molecule has 0 aromatic rings. The molecule has 2 saturated heterocycles. The fourth-order valence-electron chi connectivity index (χ4n) is 3.50. The highest BCUT2D eigenvalue weighted by Crippen LogP contribution is 2.19. The van der Waals surface area contributed by atoms with Crippen LogP contribution in [0.3, 0.4) is 0 Å². The molecular formula is C16H23N5O5. The van der Waals surface area contributed by atoms with E-state index in [9.17, 15) is 19.2 Å². The molecule has 0 aromatic carbocycles. The van der Waals surface area contributed by atoms with Crippen LogP contribution in [0.15, 0.2) is 12.2 Å². The van der Waals surface area contributed by atoms with Crippen LogP contribution >= 0.6 is 0 Å². The Bertz CT molecular complexity index is 631. The monoisotopic (exact) mass is 365 g/mol. The average molecular weight is 365 g/mol. The first-order valence-corrected chi connectivity index (χ1v) is 8.69. The second-order valence-corrected chi connectivity index (χ2v) is 6.64. The number of carbonyl (C=O) groups excluding carboxylic acids is 4. The Morgan fingerprint density at radius 1 is 1.42 bits per heavy atom. The van der Waals surface area contributed by atoms with Crippen LogP contribution in [-0.2, 0) is 23.9 Å². The number of carbonyl (C=O) groups is 4. The van der Waals surface area contributed by atoms with Crippen molar-refractivity contribution in [1.82, 2.24) is 20.9 Å². The zero-order valence-corrected chi connectivity index (χ0v) is 14.3. The third-order valence-electron chi connectivity index (χ3n) is 4.81. The summed E-state index contributed by atoms with van der Waals surface area (Å²) in [5.41, 5.74) is 5.40. The molecule has 4 atom stereocenters. The summed E-state index contributed by atoms with van der Waals surface area (Å²) in [5, 5.41) is 8.98. The summed E-state index contributed by atoms with van der Waals surface area (Å²) >= 11 is 0.